The van der Waals surface area contributed by atoms with Gasteiger partial charge in [0.25, 0.3) is 5.91 Å². The van der Waals surface area contributed by atoms with Crippen molar-refractivity contribution in [1.82, 2.24) is 10.5 Å². The van der Waals surface area contributed by atoms with Gasteiger partial charge in [-0.15, -0.1) is 0 Å². The van der Waals surface area contributed by atoms with Gasteiger partial charge >= 0.3 is 0 Å². The normalized spacial score (nSPS) is 10.2. The first-order valence-corrected chi connectivity index (χ1v) is 6.63. The fraction of sp³-hybridized carbons (Fsp3) is 0.333. The number of methoxy groups -OCH3 is 2. The lowest BCUT2D eigenvalue weighted by Gasteiger charge is -2.12. The van der Waals surface area contributed by atoms with Gasteiger partial charge in [-0.2, -0.15) is 0 Å². The number of hydrogen-bond acceptors (Lipinski definition) is 5. The fourth-order valence-corrected chi connectivity index (χ4v) is 2.01. The molecule has 0 fully saturated rings. The summed E-state index contributed by atoms with van der Waals surface area (Å²) in [5.41, 5.74) is 1.48. The number of rotatable bonds is 7. The van der Waals surface area contributed by atoms with Crippen molar-refractivity contribution in [1.29, 1.82) is 0 Å². The van der Waals surface area contributed by atoms with Crippen molar-refractivity contribution < 1.29 is 18.8 Å². The van der Waals surface area contributed by atoms with E-state index in [2.05, 4.69) is 10.5 Å². The van der Waals surface area contributed by atoms with Gasteiger partial charge in [-0.3, -0.25) is 4.79 Å². The molecule has 0 bridgehead atoms. The highest BCUT2D eigenvalue weighted by Gasteiger charge is 2.15. The zero-order chi connectivity index (χ0) is 15.1. The van der Waals surface area contributed by atoms with Crippen LogP contribution in [0.15, 0.2) is 35.2 Å². The first kappa shape index (κ1) is 14.9. The molecule has 1 amide bonds. The smallest absolute Gasteiger partial charge is 0.255 e. The minimum Gasteiger partial charge on any atom is -0.493 e. The van der Waals surface area contributed by atoms with Crippen LogP contribution >= 0.6 is 0 Å². The second-order valence-electron chi connectivity index (χ2n) is 4.43. The second-order valence-corrected chi connectivity index (χ2v) is 4.43. The summed E-state index contributed by atoms with van der Waals surface area (Å²) >= 11 is 0. The zero-order valence-corrected chi connectivity index (χ0v) is 12.1. The number of aryl methyl sites for hydroxylation is 1. The molecule has 0 unspecified atom stereocenters. The van der Waals surface area contributed by atoms with E-state index in [4.69, 9.17) is 14.0 Å². The minimum atomic E-state index is -0.184. The Morgan fingerprint density at radius 3 is 2.86 bits per heavy atom. The standard InChI is InChI=1S/C15H18N2O4/c1-19-13-7-3-6-12(14(13)20-2)15(18)16-8-4-5-11-9-17-21-10-11/h3,6-7,9-10H,4-5,8H2,1-2H3,(H,16,18). The Balaban J connectivity index is 1.91. The molecule has 1 heterocycles. The van der Waals surface area contributed by atoms with Crippen molar-refractivity contribution in [3.63, 3.8) is 0 Å². The number of aromatic nitrogens is 1. The Bertz CT molecular complexity index is 581. The maximum Gasteiger partial charge on any atom is 0.255 e. The number of carbonyl (C=O) groups excluding carboxylic acids is 1. The van der Waals surface area contributed by atoms with E-state index < -0.39 is 0 Å². The Morgan fingerprint density at radius 1 is 1.33 bits per heavy atom. The number of ether oxygens (including phenoxy) is 2. The highest BCUT2D eigenvalue weighted by molar-refractivity contribution is 5.97. The second kappa shape index (κ2) is 7.33. The van der Waals surface area contributed by atoms with Crippen LogP contribution in [0.2, 0.25) is 0 Å². The maximum absolute atomic E-state index is 12.2. The molecular weight excluding hydrogens is 272 g/mol. The molecule has 2 rings (SSSR count). The number of amides is 1. The predicted octanol–water partition coefficient (Wildman–Crippen LogP) is 2.05. The van der Waals surface area contributed by atoms with Gasteiger partial charge < -0.3 is 19.3 Å². The van der Waals surface area contributed by atoms with Crippen LogP contribution in [0.1, 0.15) is 22.3 Å². The lowest BCUT2D eigenvalue weighted by atomic mass is 10.1. The lowest BCUT2D eigenvalue weighted by Crippen LogP contribution is -2.25. The molecule has 6 nitrogen and oxygen atoms in total. The Morgan fingerprint density at radius 2 is 2.19 bits per heavy atom. The van der Waals surface area contributed by atoms with E-state index in [1.807, 2.05) is 0 Å². The van der Waals surface area contributed by atoms with Crippen LogP contribution in [0.3, 0.4) is 0 Å². The highest BCUT2D eigenvalue weighted by Crippen LogP contribution is 2.30. The van der Waals surface area contributed by atoms with Crippen LogP contribution in [0.5, 0.6) is 11.5 Å². The van der Waals surface area contributed by atoms with Crippen molar-refractivity contribution in [3.05, 3.63) is 41.8 Å². The summed E-state index contributed by atoms with van der Waals surface area (Å²) in [4.78, 5) is 12.2. The van der Waals surface area contributed by atoms with E-state index in [1.165, 1.54) is 7.11 Å². The topological polar surface area (TPSA) is 73.6 Å². The number of nitrogens with one attached hydrogen (secondary N) is 1. The van der Waals surface area contributed by atoms with Gasteiger partial charge in [-0.05, 0) is 25.0 Å². The lowest BCUT2D eigenvalue weighted by molar-refractivity contribution is 0.0949. The SMILES string of the molecule is COc1cccc(C(=O)NCCCc2cnoc2)c1OC. The molecule has 6 heteroatoms. The average Bonchev–Trinajstić information content (AvgIpc) is 3.03. The molecule has 0 radical (unpaired) electrons. The van der Waals surface area contributed by atoms with Crippen molar-refractivity contribution in [3.8, 4) is 11.5 Å². The van der Waals surface area contributed by atoms with Crippen LogP contribution in [0.4, 0.5) is 0 Å². The Labute approximate surface area is 123 Å². The van der Waals surface area contributed by atoms with E-state index in [0.717, 1.165) is 18.4 Å². The van der Waals surface area contributed by atoms with Gasteiger partial charge in [-0.1, -0.05) is 11.2 Å². The third-order valence-corrected chi connectivity index (χ3v) is 3.06. The molecule has 1 aromatic heterocycles. The van der Waals surface area contributed by atoms with Crippen molar-refractivity contribution in [2.24, 2.45) is 0 Å². The van der Waals surface area contributed by atoms with Crippen LogP contribution in [0.25, 0.3) is 0 Å². The maximum atomic E-state index is 12.2. The van der Waals surface area contributed by atoms with Gasteiger partial charge in [0.1, 0.15) is 6.26 Å². The average molecular weight is 290 g/mol. The summed E-state index contributed by atoms with van der Waals surface area (Å²) in [6.45, 7) is 0.560. The molecule has 1 aromatic carbocycles. The molecule has 0 saturated carbocycles. The Kier molecular flexibility index (Phi) is 5.20. The van der Waals surface area contributed by atoms with Crippen molar-refractivity contribution in [2.45, 2.75) is 12.8 Å². The quantitative estimate of drug-likeness (QED) is 0.790. The summed E-state index contributed by atoms with van der Waals surface area (Å²) in [6, 6.07) is 5.21. The molecule has 112 valence electrons. The number of benzene rings is 1. The van der Waals surface area contributed by atoms with Gasteiger partial charge in [-0.25, -0.2) is 0 Å². The van der Waals surface area contributed by atoms with Crippen LogP contribution < -0.4 is 14.8 Å². The molecule has 2 aromatic rings. The number of hydrogen-bond donors (Lipinski definition) is 1. The molecule has 21 heavy (non-hydrogen) atoms. The summed E-state index contributed by atoms with van der Waals surface area (Å²) < 4.78 is 15.2. The first-order chi connectivity index (χ1) is 10.3. The molecule has 1 N–H and O–H groups in total. The van der Waals surface area contributed by atoms with Crippen LogP contribution in [0, 0.1) is 0 Å². The minimum absolute atomic E-state index is 0.184. The van der Waals surface area contributed by atoms with E-state index in [1.54, 1.807) is 37.8 Å². The van der Waals surface area contributed by atoms with E-state index in [-0.39, 0.29) is 5.91 Å². The third-order valence-electron chi connectivity index (χ3n) is 3.06. The number of nitrogens with zero attached hydrogens (tertiary/aromatic N) is 1. The van der Waals surface area contributed by atoms with Gasteiger partial charge in [0.15, 0.2) is 11.5 Å². The summed E-state index contributed by atoms with van der Waals surface area (Å²) in [5.74, 6) is 0.794. The monoisotopic (exact) mass is 290 g/mol. The molecule has 0 aliphatic carbocycles. The van der Waals surface area contributed by atoms with Crippen LogP contribution in [-0.2, 0) is 6.42 Å². The zero-order valence-electron chi connectivity index (χ0n) is 12.1. The molecule has 0 aliphatic rings. The number of para-hydroxylation sites is 1. The van der Waals surface area contributed by atoms with Crippen LogP contribution in [-0.4, -0.2) is 31.8 Å². The molecule has 0 aliphatic heterocycles. The van der Waals surface area contributed by atoms with Crippen molar-refractivity contribution in [2.75, 3.05) is 20.8 Å². The molecule has 0 saturated heterocycles. The predicted molar refractivity (Wildman–Crippen MR) is 76.7 cm³/mol. The molecule has 0 spiro atoms. The van der Waals surface area contributed by atoms with E-state index >= 15 is 0 Å². The fourth-order valence-electron chi connectivity index (χ4n) is 2.01. The van der Waals surface area contributed by atoms with Gasteiger partial charge in [0.2, 0.25) is 0 Å². The van der Waals surface area contributed by atoms with Crippen molar-refractivity contribution >= 4 is 5.91 Å². The van der Waals surface area contributed by atoms with E-state index in [0.29, 0.717) is 23.6 Å². The highest BCUT2D eigenvalue weighted by atomic mass is 16.5. The molecular formula is C15H18N2O4. The van der Waals surface area contributed by atoms with E-state index in [9.17, 15) is 4.79 Å². The summed E-state index contributed by atoms with van der Waals surface area (Å²) in [6.07, 6.45) is 4.89. The summed E-state index contributed by atoms with van der Waals surface area (Å²) in [7, 11) is 3.05. The van der Waals surface area contributed by atoms with Gasteiger partial charge in [0.05, 0.1) is 26.0 Å². The first-order valence-electron chi connectivity index (χ1n) is 6.63. The third kappa shape index (κ3) is 3.75. The molecule has 0 atom stereocenters. The summed E-state index contributed by atoms with van der Waals surface area (Å²) in [5, 5.41) is 6.49. The number of carbonyl (C=O) groups is 1. The van der Waals surface area contributed by atoms with Gasteiger partial charge in [0, 0.05) is 12.1 Å². The largest absolute Gasteiger partial charge is 0.493 e. The Hall–Kier alpha value is -2.50.